The molecule has 208 valence electrons. The molecule has 2 aliphatic heterocycles. The maximum atomic E-state index is 13.3. The molecule has 2 saturated heterocycles. The fraction of sp³-hybridized carbons (Fsp3) is 0.500. The van der Waals surface area contributed by atoms with Crippen molar-refractivity contribution in [3.05, 3.63) is 52.3 Å². The summed E-state index contributed by atoms with van der Waals surface area (Å²) in [7, 11) is 2.14. The first-order valence-electron chi connectivity index (χ1n) is 13.2. The van der Waals surface area contributed by atoms with E-state index < -0.39 is 23.6 Å². The van der Waals surface area contributed by atoms with E-state index in [0.717, 1.165) is 65.4 Å². The number of rotatable bonds is 3. The number of carbonyl (C=O) groups excluding carboxylic acids is 2. The smallest absolute Gasteiger partial charge is 0.327 e. The van der Waals surface area contributed by atoms with Crippen LogP contribution in [0, 0.1) is 12.8 Å². The lowest BCUT2D eigenvalue weighted by atomic mass is 9.89. The summed E-state index contributed by atoms with van der Waals surface area (Å²) >= 11 is 1.72. The average Bonchev–Trinajstić information content (AvgIpc) is 3.32. The highest BCUT2D eigenvalue weighted by Crippen LogP contribution is 2.38. The SMILES string of the molecule is Cc1ncc(NC(=O)C(=O)N2C[C@@H](C)CCC2c2ccc3sc(C4CCN(C)CC4)nc3c2)cc1C(F)(F)F. The zero-order valence-electron chi connectivity index (χ0n) is 22.2. The molecule has 3 aromatic rings. The first-order valence-corrected chi connectivity index (χ1v) is 14.1. The van der Waals surface area contributed by atoms with Crippen molar-refractivity contribution >= 4 is 39.1 Å². The standard InChI is InChI=1S/C28H32F3N5O2S/c1-16-4-6-23(19-5-7-24-22(12-19)34-26(39-24)18-8-10-35(3)11-9-18)36(15-16)27(38)25(37)33-20-13-21(28(29,30)31)17(2)32-14-20/h5,7,12-14,16,18,23H,4,6,8-11,15H2,1-3H3,(H,33,37)/t16-,23?/m0/s1. The predicted molar refractivity (Wildman–Crippen MR) is 145 cm³/mol. The Labute approximate surface area is 229 Å². The van der Waals surface area contributed by atoms with Crippen LogP contribution in [0.4, 0.5) is 18.9 Å². The number of benzene rings is 1. The first kappa shape index (κ1) is 27.5. The van der Waals surface area contributed by atoms with Gasteiger partial charge in [0.2, 0.25) is 0 Å². The van der Waals surface area contributed by atoms with E-state index in [-0.39, 0.29) is 23.3 Å². The zero-order chi connectivity index (χ0) is 27.9. The van der Waals surface area contributed by atoms with Crippen molar-refractivity contribution in [1.29, 1.82) is 0 Å². The van der Waals surface area contributed by atoms with Gasteiger partial charge in [-0.2, -0.15) is 13.2 Å². The highest BCUT2D eigenvalue weighted by Gasteiger charge is 2.36. The largest absolute Gasteiger partial charge is 0.418 e. The van der Waals surface area contributed by atoms with Gasteiger partial charge in [0.25, 0.3) is 0 Å². The Balaban J connectivity index is 1.36. The number of fused-ring (bicyclic) bond motifs is 1. The Morgan fingerprint density at radius 2 is 1.85 bits per heavy atom. The molecule has 2 fully saturated rings. The number of aryl methyl sites for hydroxylation is 1. The maximum Gasteiger partial charge on any atom is 0.418 e. The molecular weight excluding hydrogens is 527 g/mol. The Morgan fingerprint density at radius 1 is 1.10 bits per heavy atom. The minimum absolute atomic E-state index is 0.168. The van der Waals surface area contributed by atoms with Gasteiger partial charge >= 0.3 is 18.0 Å². The summed E-state index contributed by atoms with van der Waals surface area (Å²) in [6, 6.07) is 6.54. The molecule has 0 bridgehead atoms. The Hall–Kier alpha value is -3.05. The Bertz CT molecular complexity index is 1380. The molecule has 2 atom stereocenters. The number of thiazole rings is 1. The number of aromatic nitrogens is 2. The number of nitrogens with one attached hydrogen (secondary N) is 1. The van der Waals surface area contributed by atoms with Gasteiger partial charge in [-0.05, 0) is 82.4 Å². The van der Waals surface area contributed by atoms with Crippen molar-refractivity contribution in [3.63, 3.8) is 0 Å². The topological polar surface area (TPSA) is 78.4 Å². The molecule has 1 N–H and O–H groups in total. The zero-order valence-corrected chi connectivity index (χ0v) is 23.0. The molecule has 2 aromatic heterocycles. The minimum Gasteiger partial charge on any atom is -0.327 e. The van der Waals surface area contributed by atoms with Crippen LogP contribution in [-0.2, 0) is 15.8 Å². The number of anilines is 1. The van der Waals surface area contributed by atoms with Crippen molar-refractivity contribution in [2.75, 3.05) is 32.0 Å². The fourth-order valence-corrected chi connectivity index (χ4v) is 6.64. The van der Waals surface area contributed by atoms with Gasteiger partial charge in [0.15, 0.2) is 0 Å². The highest BCUT2D eigenvalue weighted by atomic mass is 32.1. The van der Waals surface area contributed by atoms with Crippen LogP contribution in [0.2, 0.25) is 0 Å². The second-order valence-corrected chi connectivity index (χ2v) is 11.9. The van der Waals surface area contributed by atoms with Crippen LogP contribution in [0.15, 0.2) is 30.5 Å². The van der Waals surface area contributed by atoms with Gasteiger partial charge in [-0.15, -0.1) is 11.3 Å². The van der Waals surface area contributed by atoms with Crippen LogP contribution in [0.3, 0.4) is 0 Å². The monoisotopic (exact) mass is 559 g/mol. The van der Waals surface area contributed by atoms with E-state index in [1.54, 1.807) is 16.2 Å². The lowest BCUT2D eigenvalue weighted by Crippen LogP contribution is -2.46. The second kappa shape index (κ2) is 10.8. The van der Waals surface area contributed by atoms with Crippen molar-refractivity contribution in [3.8, 4) is 0 Å². The predicted octanol–water partition coefficient (Wildman–Crippen LogP) is 5.77. The normalized spacial score (nSPS) is 21.3. The van der Waals surface area contributed by atoms with Gasteiger partial charge < -0.3 is 15.1 Å². The summed E-state index contributed by atoms with van der Waals surface area (Å²) in [6.07, 6.45) is 0.260. The molecule has 2 amide bonds. The molecule has 1 unspecified atom stereocenters. The first-order chi connectivity index (χ1) is 18.5. The quantitative estimate of drug-likeness (QED) is 0.413. The van der Waals surface area contributed by atoms with E-state index >= 15 is 0 Å². The van der Waals surface area contributed by atoms with Crippen molar-refractivity contribution < 1.29 is 22.8 Å². The molecule has 0 aliphatic carbocycles. The van der Waals surface area contributed by atoms with Crippen molar-refractivity contribution in [2.24, 2.45) is 5.92 Å². The molecule has 7 nitrogen and oxygen atoms in total. The fourth-order valence-electron chi connectivity index (χ4n) is 5.53. The number of piperidine rings is 2. The van der Waals surface area contributed by atoms with E-state index in [9.17, 15) is 22.8 Å². The molecule has 5 rings (SSSR count). The molecule has 0 radical (unpaired) electrons. The Morgan fingerprint density at radius 3 is 2.56 bits per heavy atom. The lowest BCUT2D eigenvalue weighted by Gasteiger charge is -2.38. The summed E-state index contributed by atoms with van der Waals surface area (Å²) in [5.41, 5.74) is 0.485. The van der Waals surface area contributed by atoms with Gasteiger partial charge in [0.05, 0.1) is 38.7 Å². The van der Waals surface area contributed by atoms with Crippen molar-refractivity contribution in [1.82, 2.24) is 19.8 Å². The Kier molecular flexibility index (Phi) is 7.65. The van der Waals surface area contributed by atoms with Gasteiger partial charge in [0.1, 0.15) is 0 Å². The minimum atomic E-state index is -4.61. The number of nitrogens with zero attached hydrogens (tertiary/aromatic N) is 4. The molecule has 11 heteroatoms. The molecule has 1 aromatic carbocycles. The molecular formula is C28H32F3N5O2S. The van der Waals surface area contributed by atoms with E-state index in [4.69, 9.17) is 4.98 Å². The van der Waals surface area contributed by atoms with Crippen molar-refractivity contribution in [2.45, 2.75) is 57.7 Å². The summed E-state index contributed by atoms with van der Waals surface area (Å²) in [5, 5.41) is 3.47. The summed E-state index contributed by atoms with van der Waals surface area (Å²) < 4.78 is 41.0. The molecule has 0 saturated carbocycles. The molecule has 39 heavy (non-hydrogen) atoms. The van der Waals surface area contributed by atoms with Gasteiger partial charge in [-0.3, -0.25) is 14.6 Å². The van der Waals surface area contributed by atoms with Gasteiger partial charge in [0, 0.05) is 18.2 Å². The van der Waals surface area contributed by atoms with Gasteiger partial charge in [-0.25, -0.2) is 4.98 Å². The van der Waals surface area contributed by atoms with Crippen LogP contribution in [0.5, 0.6) is 0 Å². The number of hydrogen-bond acceptors (Lipinski definition) is 6. The highest BCUT2D eigenvalue weighted by molar-refractivity contribution is 7.18. The van der Waals surface area contributed by atoms with Crippen LogP contribution < -0.4 is 5.32 Å². The second-order valence-electron chi connectivity index (χ2n) is 10.8. The third-order valence-electron chi connectivity index (χ3n) is 7.80. The number of pyridine rings is 1. The maximum absolute atomic E-state index is 13.3. The van der Waals surface area contributed by atoms with Gasteiger partial charge in [-0.1, -0.05) is 13.0 Å². The lowest BCUT2D eigenvalue weighted by molar-refractivity contribution is -0.146. The van der Waals surface area contributed by atoms with Crippen LogP contribution >= 0.6 is 11.3 Å². The average molecular weight is 560 g/mol. The number of halogens is 3. The van der Waals surface area contributed by atoms with Crippen LogP contribution in [0.25, 0.3) is 10.2 Å². The summed E-state index contributed by atoms with van der Waals surface area (Å²) in [5.74, 6) is -1.11. The number of hydrogen-bond donors (Lipinski definition) is 1. The molecule has 4 heterocycles. The number of amides is 2. The number of likely N-dealkylation sites (tertiary alicyclic amines) is 2. The number of alkyl halides is 3. The van der Waals surface area contributed by atoms with E-state index in [1.165, 1.54) is 6.92 Å². The van der Waals surface area contributed by atoms with E-state index in [1.807, 2.05) is 25.1 Å². The molecule has 2 aliphatic rings. The number of carbonyl (C=O) groups is 2. The molecule has 0 spiro atoms. The van der Waals surface area contributed by atoms with Crippen LogP contribution in [0.1, 0.15) is 66.4 Å². The van der Waals surface area contributed by atoms with E-state index in [2.05, 4.69) is 22.2 Å². The summed E-state index contributed by atoms with van der Waals surface area (Å²) in [4.78, 5) is 38.8. The third kappa shape index (κ3) is 5.94. The van der Waals surface area contributed by atoms with E-state index in [0.29, 0.717) is 18.9 Å². The van der Waals surface area contributed by atoms with Crippen LogP contribution in [-0.4, -0.2) is 58.3 Å². The third-order valence-corrected chi connectivity index (χ3v) is 9.00. The summed E-state index contributed by atoms with van der Waals surface area (Å²) in [6.45, 7) is 5.76.